The first kappa shape index (κ1) is 11.3. The van der Waals surface area contributed by atoms with Crippen molar-refractivity contribution >= 4 is 0 Å². The summed E-state index contributed by atoms with van der Waals surface area (Å²) < 4.78 is 10.6. The van der Waals surface area contributed by atoms with Crippen molar-refractivity contribution in [1.29, 1.82) is 0 Å². The molecule has 2 heterocycles. The Morgan fingerprint density at radius 2 is 2.33 bits per heavy atom. The normalized spacial score (nSPS) is 38.4. The molecule has 4 nitrogen and oxygen atoms in total. The molecule has 0 spiro atoms. The van der Waals surface area contributed by atoms with Crippen molar-refractivity contribution in [3.05, 3.63) is 0 Å². The number of nitrogens with one attached hydrogen (secondary N) is 1. The van der Waals surface area contributed by atoms with Gasteiger partial charge in [-0.3, -0.25) is 0 Å². The third-order valence-corrected chi connectivity index (χ3v) is 3.51. The maximum atomic E-state index is 10.1. The highest BCUT2D eigenvalue weighted by Crippen LogP contribution is 2.20. The molecule has 3 atom stereocenters. The molecule has 15 heavy (non-hydrogen) atoms. The lowest BCUT2D eigenvalue weighted by Gasteiger charge is -2.26. The minimum absolute atomic E-state index is 0.414. The van der Waals surface area contributed by atoms with Crippen molar-refractivity contribution in [1.82, 2.24) is 5.32 Å². The van der Waals surface area contributed by atoms with Crippen molar-refractivity contribution in [2.45, 2.75) is 31.4 Å². The molecule has 0 saturated carbocycles. The number of ether oxygens (including phenoxy) is 2. The topological polar surface area (TPSA) is 50.7 Å². The Bertz CT molecular complexity index is 198. The molecule has 0 radical (unpaired) electrons. The van der Waals surface area contributed by atoms with Crippen LogP contribution < -0.4 is 5.32 Å². The van der Waals surface area contributed by atoms with E-state index in [1.807, 2.05) is 0 Å². The molecule has 88 valence electrons. The second kappa shape index (κ2) is 4.78. The molecule has 3 unspecified atom stereocenters. The summed E-state index contributed by atoms with van der Waals surface area (Å²) in [6.07, 6.45) is 1.87. The van der Waals surface area contributed by atoms with Gasteiger partial charge in [0.15, 0.2) is 0 Å². The number of hydrogen-bond donors (Lipinski definition) is 2. The Kier molecular flexibility index (Phi) is 3.61. The fourth-order valence-electron chi connectivity index (χ4n) is 2.20. The van der Waals surface area contributed by atoms with Crippen LogP contribution in [-0.2, 0) is 9.47 Å². The fourth-order valence-corrected chi connectivity index (χ4v) is 2.20. The Labute approximate surface area is 90.9 Å². The molecular weight excluding hydrogens is 194 g/mol. The first-order valence-electron chi connectivity index (χ1n) is 5.81. The van der Waals surface area contributed by atoms with Gasteiger partial charge in [-0.2, -0.15) is 0 Å². The van der Waals surface area contributed by atoms with Crippen LogP contribution in [0.5, 0.6) is 0 Å². The molecule has 0 bridgehead atoms. The zero-order valence-corrected chi connectivity index (χ0v) is 9.37. The molecule has 0 aromatic rings. The van der Waals surface area contributed by atoms with Crippen LogP contribution in [0.25, 0.3) is 0 Å². The summed E-state index contributed by atoms with van der Waals surface area (Å²) >= 11 is 0. The molecule has 0 aromatic carbocycles. The Balaban J connectivity index is 1.72. The Morgan fingerprint density at radius 1 is 1.47 bits per heavy atom. The number of aliphatic hydroxyl groups is 1. The molecule has 0 amide bonds. The van der Waals surface area contributed by atoms with E-state index in [0.29, 0.717) is 31.7 Å². The van der Waals surface area contributed by atoms with Crippen LogP contribution in [0.1, 0.15) is 19.8 Å². The highest BCUT2D eigenvalue weighted by molar-refractivity contribution is 4.87. The quantitative estimate of drug-likeness (QED) is 0.701. The fraction of sp³-hybridized carbons (Fsp3) is 1.00. The van der Waals surface area contributed by atoms with E-state index in [-0.39, 0.29) is 0 Å². The van der Waals surface area contributed by atoms with E-state index >= 15 is 0 Å². The second-order valence-electron chi connectivity index (χ2n) is 4.82. The van der Waals surface area contributed by atoms with Gasteiger partial charge in [-0.1, -0.05) is 0 Å². The molecule has 2 aliphatic rings. The molecule has 0 aliphatic carbocycles. The first-order valence-corrected chi connectivity index (χ1v) is 5.81. The van der Waals surface area contributed by atoms with E-state index in [2.05, 4.69) is 12.2 Å². The van der Waals surface area contributed by atoms with Crippen molar-refractivity contribution in [2.75, 3.05) is 33.0 Å². The third-order valence-electron chi connectivity index (χ3n) is 3.51. The zero-order chi connectivity index (χ0) is 10.7. The van der Waals surface area contributed by atoms with Gasteiger partial charge >= 0.3 is 0 Å². The maximum absolute atomic E-state index is 10.1. The van der Waals surface area contributed by atoms with Crippen molar-refractivity contribution in [3.8, 4) is 0 Å². The van der Waals surface area contributed by atoms with E-state index in [1.165, 1.54) is 0 Å². The van der Waals surface area contributed by atoms with Gasteiger partial charge in [-0.15, -0.1) is 0 Å². The standard InChI is InChI=1S/C11H21NO3/c1-9(10-2-4-14-6-10)12-7-11(13)3-5-15-8-11/h9-10,12-13H,2-8H2,1H3. The van der Waals surface area contributed by atoms with Crippen LogP contribution in [0.15, 0.2) is 0 Å². The molecule has 4 heteroatoms. The van der Waals surface area contributed by atoms with Gasteiger partial charge < -0.3 is 19.9 Å². The minimum atomic E-state index is -0.645. The molecule has 0 aromatic heterocycles. The number of rotatable bonds is 4. The summed E-state index contributed by atoms with van der Waals surface area (Å²) in [5.41, 5.74) is -0.645. The lowest BCUT2D eigenvalue weighted by Crippen LogP contribution is -2.46. The van der Waals surface area contributed by atoms with E-state index in [0.717, 1.165) is 26.1 Å². The maximum Gasteiger partial charge on any atom is 0.102 e. The monoisotopic (exact) mass is 215 g/mol. The van der Waals surface area contributed by atoms with E-state index < -0.39 is 5.60 Å². The van der Waals surface area contributed by atoms with Gasteiger partial charge in [-0.25, -0.2) is 0 Å². The average molecular weight is 215 g/mol. The van der Waals surface area contributed by atoms with Crippen molar-refractivity contribution in [2.24, 2.45) is 5.92 Å². The second-order valence-corrected chi connectivity index (χ2v) is 4.82. The highest BCUT2D eigenvalue weighted by Gasteiger charge is 2.33. The van der Waals surface area contributed by atoms with Crippen LogP contribution in [0, 0.1) is 5.92 Å². The van der Waals surface area contributed by atoms with Crippen LogP contribution in [-0.4, -0.2) is 49.7 Å². The molecule has 2 rings (SSSR count). The first-order chi connectivity index (χ1) is 7.20. The summed E-state index contributed by atoms with van der Waals surface area (Å²) in [4.78, 5) is 0. The van der Waals surface area contributed by atoms with Gasteiger partial charge in [0.2, 0.25) is 0 Å². The minimum Gasteiger partial charge on any atom is -0.386 e. The van der Waals surface area contributed by atoms with Crippen LogP contribution in [0.3, 0.4) is 0 Å². The van der Waals surface area contributed by atoms with E-state index in [1.54, 1.807) is 0 Å². The van der Waals surface area contributed by atoms with Gasteiger partial charge in [-0.05, 0) is 19.3 Å². The van der Waals surface area contributed by atoms with E-state index in [4.69, 9.17) is 9.47 Å². The van der Waals surface area contributed by atoms with Gasteiger partial charge in [0.1, 0.15) is 5.60 Å². The predicted octanol–water partition coefficient (Wildman–Crippen LogP) is 0.152. The summed E-state index contributed by atoms with van der Waals surface area (Å²) in [6.45, 7) is 5.67. The third kappa shape index (κ3) is 2.91. The summed E-state index contributed by atoms with van der Waals surface area (Å²) in [6, 6.07) is 0.414. The Morgan fingerprint density at radius 3 is 2.93 bits per heavy atom. The molecule has 2 N–H and O–H groups in total. The largest absolute Gasteiger partial charge is 0.386 e. The molecule has 2 aliphatic heterocycles. The molecule has 2 fully saturated rings. The van der Waals surface area contributed by atoms with Crippen molar-refractivity contribution < 1.29 is 14.6 Å². The predicted molar refractivity (Wildman–Crippen MR) is 56.8 cm³/mol. The lowest BCUT2D eigenvalue weighted by atomic mass is 9.98. The van der Waals surface area contributed by atoms with Crippen LogP contribution in [0.4, 0.5) is 0 Å². The van der Waals surface area contributed by atoms with Gasteiger partial charge in [0.05, 0.1) is 13.2 Å². The average Bonchev–Trinajstić information content (AvgIpc) is 2.85. The zero-order valence-electron chi connectivity index (χ0n) is 9.37. The summed E-state index contributed by atoms with van der Waals surface area (Å²) in [5.74, 6) is 0.593. The van der Waals surface area contributed by atoms with E-state index in [9.17, 15) is 5.11 Å². The number of hydrogen-bond acceptors (Lipinski definition) is 4. The van der Waals surface area contributed by atoms with Gasteiger partial charge in [0, 0.05) is 32.2 Å². The van der Waals surface area contributed by atoms with Crippen molar-refractivity contribution in [3.63, 3.8) is 0 Å². The smallest absolute Gasteiger partial charge is 0.102 e. The lowest BCUT2D eigenvalue weighted by molar-refractivity contribution is 0.0234. The molecule has 2 saturated heterocycles. The Hall–Kier alpha value is -0.160. The van der Waals surface area contributed by atoms with Crippen LogP contribution in [0.2, 0.25) is 0 Å². The van der Waals surface area contributed by atoms with Gasteiger partial charge in [0.25, 0.3) is 0 Å². The van der Waals surface area contributed by atoms with Crippen LogP contribution >= 0.6 is 0 Å². The highest BCUT2D eigenvalue weighted by atomic mass is 16.5. The summed E-state index contributed by atoms with van der Waals surface area (Å²) in [7, 11) is 0. The molecular formula is C11H21NO3. The summed E-state index contributed by atoms with van der Waals surface area (Å²) in [5, 5.41) is 13.5. The SMILES string of the molecule is CC(NCC1(O)CCOC1)C1CCOC1.